The number of carbonyl (C=O) groups excluding carboxylic acids is 1. The van der Waals surface area contributed by atoms with Gasteiger partial charge in [-0.15, -0.1) is 0 Å². The number of likely N-dealkylation sites (N-methyl/N-ethyl adjacent to an activating group) is 1. The number of aldehydes is 1. The summed E-state index contributed by atoms with van der Waals surface area (Å²) in [6.07, 6.45) is 5.88. The van der Waals surface area contributed by atoms with Crippen molar-refractivity contribution in [3.63, 3.8) is 0 Å². The number of benzene rings is 1. The van der Waals surface area contributed by atoms with Crippen LogP contribution in [0.1, 0.15) is 37.2 Å². The van der Waals surface area contributed by atoms with E-state index in [0.717, 1.165) is 43.5 Å². The van der Waals surface area contributed by atoms with Crippen LogP contribution < -0.4 is 15.5 Å². The van der Waals surface area contributed by atoms with Crippen molar-refractivity contribution in [2.24, 2.45) is 4.99 Å². The molecule has 2 N–H and O–H groups in total. The van der Waals surface area contributed by atoms with Crippen LogP contribution in [0.3, 0.4) is 0 Å². The number of hydrogen-bond acceptors (Lipinski definition) is 9. The Hall–Kier alpha value is -3.00. The zero-order chi connectivity index (χ0) is 26.2. The third-order valence-corrected chi connectivity index (χ3v) is 6.92. The van der Waals surface area contributed by atoms with Crippen LogP contribution in [0.25, 0.3) is 0 Å². The molecule has 0 aliphatic carbocycles. The largest absolute Gasteiger partial charge is 0.380 e. The Morgan fingerprint density at radius 2 is 2.14 bits per heavy atom. The highest BCUT2D eigenvalue weighted by Gasteiger charge is 2.29. The lowest BCUT2D eigenvalue weighted by molar-refractivity contribution is -0.109. The molecular weight excluding hydrogens is 461 g/mol. The number of nitrogens with zero attached hydrogens (tertiary/aromatic N) is 5. The molecule has 36 heavy (non-hydrogen) atoms. The molecule has 2 heterocycles. The summed E-state index contributed by atoms with van der Waals surface area (Å²) in [4.78, 5) is 22.4. The van der Waals surface area contributed by atoms with Gasteiger partial charge in [0.25, 0.3) is 0 Å². The molecule has 0 spiro atoms. The first kappa shape index (κ1) is 27.6. The van der Waals surface area contributed by atoms with E-state index in [4.69, 9.17) is 4.74 Å². The van der Waals surface area contributed by atoms with Gasteiger partial charge < -0.3 is 24.6 Å². The van der Waals surface area contributed by atoms with E-state index in [9.17, 15) is 14.4 Å². The molecular formula is C26H38FN7O2. The van der Waals surface area contributed by atoms with Gasteiger partial charge >= 0.3 is 0 Å². The quantitative estimate of drug-likeness (QED) is 0.473. The maximum Gasteiger partial charge on any atom is 0.177 e. The molecule has 196 valence electrons. The number of nitrogens with one attached hydrogen (secondary N) is 2. The van der Waals surface area contributed by atoms with Gasteiger partial charge in [-0.1, -0.05) is 6.07 Å². The van der Waals surface area contributed by atoms with E-state index in [2.05, 4.69) is 33.6 Å². The molecule has 10 heteroatoms. The molecule has 0 aromatic heterocycles. The third kappa shape index (κ3) is 6.60. The summed E-state index contributed by atoms with van der Waals surface area (Å²) < 4.78 is 19.3. The van der Waals surface area contributed by atoms with Crippen LogP contribution in [-0.4, -0.2) is 89.3 Å². The summed E-state index contributed by atoms with van der Waals surface area (Å²) in [5, 5.41) is 16.6. The second-order valence-electron chi connectivity index (χ2n) is 9.61. The standard InChI is InChI=1S/C26H38FN7O2/c1-32(2)23-13-20(27)9-10-22(23)18(17-35)11-12-29-26-30-15-19(14-28)25(34(26)4)31-24-8-6-7-21(36-5)16-33(24)3/h9-10,13,15,17-18,21,24,26,29,31H,6-8,11-12,16H2,1-5H3. The third-order valence-electron chi connectivity index (χ3n) is 6.92. The van der Waals surface area contributed by atoms with E-state index < -0.39 is 0 Å². The molecule has 9 nitrogen and oxygen atoms in total. The lowest BCUT2D eigenvalue weighted by atomic mass is 9.95. The number of anilines is 1. The number of nitriles is 1. The van der Waals surface area contributed by atoms with Gasteiger partial charge in [0, 0.05) is 52.6 Å². The predicted molar refractivity (Wildman–Crippen MR) is 139 cm³/mol. The van der Waals surface area contributed by atoms with Crippen LogP contribution in [0.2, 0.25) is 0 Å². The number of methoxy groups -OCH3 is 1. The molecule has 1 aromatic rings. The maximum absolute atomic E-state index is 13.8. The highest BCUT2D eigenvalue weighted by molar-refractivity contribution is 5.85. The first-order chi connectivity index (χ1) is 17.3. The van der Waals surface area contributed by atoms with Crippen molar-refractivity contribution in [2.45, 2.75) is 50.2 Å². The smallest absolute Gasteiger partial charge is 0.177 e. The highest BCUT2D eigenvalue weighted by Crippen LogP contribution is 2.29. The molecule has 0 amide bonds. The Morgan fingerprint density at radius 1 is 1.36 bits per heavy atom. The molecule has 3 rings (SSSR count). The van der Waals surface area contributed by atoms with Gasteiger partial charge in [-0.2, -0.15) is 5.26 Å². The number of rotatable bonds is 10. The number of ether oxygens (including phenoxy) is 1. The minimum absolute atomic E-state index is 0.0699. The number of hydrogen-bond donors (Lipinski definition) is 2. The number of aliphatic imine (C=N–C) groups is 1. The summed E-state index contributed by atoms with van der Waals surface area (Å²) in [7, 11) is 9.36. The highest BCUT2D eigenvalue weighted by atomic mass is 19.1. The fourth-order valence-electron chi connectivity index (χ4n) is 4.78. The van der Waals surface area contributed by atoms with E-state index >= 15 is 0 Å². The van der Waals surface area contributed by atoms with Crippen molar-refractivity contribution in [3.05, 3.63) is 41.0 Å². The topological polar surface area (TPSA) is 96.2 Å². The minimum Gasteiger partial charge on any atom is -0.380 e. The van der Waals surface area contributed by atoms with Crippen molar-refractivity contribution in [1.29, 1.82) is 5.26 Å². The van der Waals surface area contributed by atoms with Crippen molar-refractivity contribution in [2.75, 3.05) is 53.3 Å². The first-order valence-electron chi connectivity index (χ1n) is 12.3. The average Bonchev–Trinajstić information content (AvgIpc) is 3.04. The van der Waals surface area contributed by atoms with Crippen LogP contribution in [0, 0.1) is 17.1 Å². The molecule has 2 aliphatic heterocycles. The first-order valence-corrected chi connectivity index (χ1v) is 12.3. The van der Waals surface area contributed by atoms with Gasteiger partial charge in [-0.05, 0) is 57.0 Å². The fourth-order valence-corrected chi connectivity index (χ4v) is 4.78. The second kappa shape index (κ2) is 12.8. The molecule has 1 saturated heterocycles. The number of likely N-dealkylation sites (tertiary alicyclic amines) is 1. The van der Waals surface area contributed by atoms with Crippen molar-refractivity contribution in [3.8, 4) is 6.07 Å². The second-order valence-corrected chi connectivity index (χ2v) is 9.61. The van der Waals surface area contributed by atoms with E-state index in [1.807, 2.05) is 30.9 Å². The van der Waals surface area contributed by atoms with Crippen molar-refractivity contribution in [1.82, 2.24) is 20.4 Å². The van der Waals surface area contributed by atoms with E-state index in [1.54, 1.807) is 19.4 Å². The summed E-state index contributed by atoms with van der Waals surface area (Å²) in [6.45, 7) is 1.32. The van der Waals surface area contributed by atoms with Gasteiger partial charge in [0.05, 0.1) is 12.3 Å². The molecule has 0 bridgehead atoms. The van der Waals surface area contributed by atoms with Crippen LogP contribution >= 0.6 is 0 Å². The van der Waals surface area contributed by atoms with Crippen molar-refractivity contribution < 1.29 is 13.9 Å². The van der Waals surface area contributed by atoms with Crippen molar-refractivity contribution >= 4 is 18.2 Å². The monoisotopic (exact) mass is 499 g/mol. The fraction of sp³-hybridized carbons (Fsp3) is 0.577. The van der Waals surface area contributed by atoms with Crippen LogP contribution in [0.15, 0.2) is 34.6 Å². The lowest BCUT2D eigenvalue weighted by Gasteiger charge is -2.37. The Balaban J connectivity index is 1.65. The molecule has 0 saturated carbocycles. The SMILES string of the molecule is COC1CCCC(NC2=C(C#N)C=NC(NCCC(C=O)c3ccc(F)cc3N(C)C)N2C)N(C)C1. The summed E-state index contributed by atoms with van der Waals surface area (Å²) in [5.74, 6) is 0.00296. The summed E-state index contributed by atoms with van der Waals surface area (Å²) in [5.41, 5.74) is 1.96. The molecule has 2 aliphatic rings. The Kier molecular flexibility index (Phi) is 9.81. The maximum atomic E-state index is 13.8. The Bertz CT molecular complexity index is 1010. The van der Waals surface area contributed by atoms with E-state index in [1.165, 1.54) is 12.1 Å². The number of carbonyl (C=O) groups is 1. The number of allylic oxidation sites excluding steroid dienone is 1. The Labute approximate surface area is 213 Å². The molecule has 1 aromatic carbocycles. The van der Waals surface area contributed by atoms with Crippen LogP contribution in [-0.2, 0) is 9.53 Å². The van der Waals surface area contributed by atoms with Gasteiger partial charge in [0.2, 0.25) is 0 Å². The molecule has 0 radical (unpaired) electrons. The van der Waals surface area contributed by atoms with E-state index in [-0.39, 0.29) is 30.3 Å². The minimum atomic E-state index is -0.388. The van der Waals surface area contributed by atoms with Gasteiger partial charge in [0.15, 0.2) is 6.29 Å². The molecule has 1 fully saturated rings. The summed E-state index contributed by atoms with van der Waals surface area (Å²) >= 11 is 0. The lowest BCUT2D eigenvalue weighted by Crippen LogP contribution is -2.52. The number of halogens is 1. The van der Waals surface area contributed by atoms with Crippen LogP contribution in [0.4, 0.5) is 10.1 Å². The zero-order valence-electron chi connectivity index (χ0n) is 21.9. The van der Waals surface area contributed by atoms with E-state index in [0.29, 0.717) is 24.2 Å². The zero-order valence-corrected chi connectivity index (χ0v) is 21.9. The van der Waals surface area contributed by atoms with Crippen LogP contribution in [0.5, 0.6) is 0 Å². The van der Waals surface area contributed by atoms with Gasteiger partial charge in [-0.25, -0.2) is 4.39 Å². The molecule has 4 atom stereocenters. The predicted octanol–water partition coefficient (Wildman–Crippen LogP) is 2.24. The van der Waals surface area contributed by atoms with Gasteiger partial charge in [-0.3, -0.25) is 15.2 Å². The van der Waals surface area contributed by atoms with Gasteiger partial charge in [0.1, 0.15) is 29.6 Å². The Morgan fingerprint density at radius 3 is 2.81 bits per heavy atom. The molecule has 4 unspecified atom stereocenters. The average molecular weight is 500 g/mol. The normalized spacial score (nSPS) is 23.7. The summed E-state index contributed by atoms with van der Waals surface area (Å²) in [6, 6.07) is 6.76.